The normalized spacial score (nSPS) is 21.2. The van der Waals surface area contributed by atoms with Crippen molar-refractivity contribution in [3.63, 3.8) is 0 Å². The monoisotopic (exact) mass is 278 g/mol. The first kappa shape index (κ1) is 14.2. The lowest BCUT2D eigenvalue weighted by Gasteiger charge is -2.18. The fraction of sp³-hybridized carbons (Fsp3) is 0.429. The van der Waals surface area contributed by atoms with Gasteiger partial charge >= 0.3 is 12.0 Å². The number of carboxylic acid groups (broad SMARTS) is 1. The van der Waals surface area contributed by atoms with Crippen LogP contribution in [0.2, 0.25) is 0 Å². The largest absolute Gasteiger partial charge is 0.497 e. The van der Waals surface area contributed by atoms with Crippen LogP contribution in [0.4, 0.5) is 10.5 Å². The molecular formula is C14H18N2O4. The molecule has 20 heavy (non-hydrogen) atoms. The van der Waals surface area contributed by atoms with Crippen molar-refractivity contribution in [1.82, 2.24) is 5.32 Å². The van der Waals surface area contributed by atoms with Crippen LogP contribution in [-0.4, -0.2) is 30.3 Å². The second-order valence-electron chi connectivity index (χ2n) is 4.81. The number of ether oxygens (including phenoxy) is 1. The quantitative estimate of drug-likeness (QED) is 0.786. The van der Waals surface area contributed by atoms with Crippen molar-refractivity contribution in [2.24, 2.45) is 5.92 Å². The summed E-state index contributed by atoms with van der Waals surface area (Å²) in [4.78, 5) is 22.9. The molecule has 2 unspecified atom stereocenters. The lowest BCUT2D eigenvalue weighted by molar-refractivity contribution is -0.142. The molecule has 0 heterocycles. The number of carbonyl (C=O) groups excluding carboxylic acids is 1. The Labute approximate surface area is 117 Å². The number of carbonyl (C=O) groups is 2. The lowest BCUT2D eigenvalue weighted by atomic mass is 10.0. The van der Waals surface area contributed by atoms with E-state index in [2.05, 4.69) is 10.6 Å². The summed E-state index contributed by atoms with van der Waals surface area (Å²) in [5, 5.41) is 14.5. The maximum absolute atomic E-state index is 11.9. The third-order valence-electron chi connectivity index (χ3n) is 3.48. The Balaban J connectivity index is 1.93. The minimum absolute atomic E-state index is 0.307. The SMILES string of the molecule is COc1cccc(NC(=O)NC2CCCC2C(=O)O)c1. The van der Waals surface area contributed by atoms with Crippen molar-refractivity contribution in [1.29, 1.82) is 0 Å². The van der Waals surface area contributed by atoms with Gasteiger partial charge in [-0.15, -0.1) is 0 Å². The van der Waals surface area contributed by atoms with Crippen molar-refractivity contribution in [3.05, 3.63) is 24.3 Å². The molecule has 6 heteroatoms. The topological polar surface area (TPSA) is 87.7 Å². The molecule has 2 rings (SSSR count). The summed E-state index contributed by atoms with van der Waals surface area (Å²) in [6.07, 6.45) is 2.13. The van der Waals surface area contributed by atoms with E-state index in [4.69, 9.17) is 9.84 Å². The average Bonchev–Trinajstić information content (AvgIpc) is 2.87. The van der Waals surface area contributed by atoms with Gasteiger partial charge in [0.2, 0.25) is 0 Å². The summed E-state index contributed by atoms with van der Waals surface area (Å²) in [5.41, 5.74) is 0.603. The minimum Gasteiger partial charge on any atom is -0.497 e. The highest BCUT2D eigenvalue weighted by Crippen LogP contribution is 2.26. The second kappa shape index (κ2) is 6.27. The van der Waals surface area contributed by atoms with Gasteiger partial charge in [-0.1, -0.05) is 12.5 Å². The molecule has 1 aliphatic rings. The first-order valence-corrected chi connectivity index (χ1v) is 6.54. The molecule has 1 aromatic carbocycles. The van der Waals surface area contributed by atoms with Crippen LogP contribution in [0.3, 0.4) is 0 Å². The molecule has 108 valence electrons. The van der Waals surface area contributed by atoms with Crippen LogP contribution in [0.15, 0.2) is 24.3 Å². The van der Waals surface area contributed by atoms with Crippen LogP contribution in [0.5, 0.6) is 5.75 Å². The highest BCUT2D eigenvalue weighted by molar-refractivity contribution is 5.90. The molecule has 0 aliphatic heterocycles. The van der Waals surface area contributed by atoms with Gasteiger partial charge in [0.25, 0.3) is 0 Å². The Bertz CT molecular complexity index is 504. The summed E-state index contributed by atoms with van der Waals surface area (Å²) in [7, 11) is 1.55. The van der Waals surface area contributed by atoms with Crippen LogP contribution in [-0.2, 0) is 4.79 Å². The molecule has 0 radical (unpaired) electrons. The van der Waals surface area contributed by atoms with E-state index >= 15 is 0 Å². The van der Waals surface area contributed by atoms with E-state index in [1.54, 1.807) is 31.4 Å². The van der Waals surface area contributed by atoms with Gasteiger partial charge in [-0.2, -0.15) is 0 Å². The maximum atomic E-state index is 11.9. The molecule has 2 atom stereocenters. The number of hydrogen-bond acceptors (Lipinski definition) is 3. The zero-order valence-corrected chi connectivity index (χ0v) is 11.3. The molecule has 3 N–H and O–H groups in total. The van der Waals surface area contributed by atoms with Gasteiger partial charge in [0, 0.05) is 17.8 Å². The Hall–Kier alpha value is -2.24. The highest BCUT2D eigenvalue weighted by atomic mass is 16.5. The van der Waals surface area contributed by atoms with Crippen LogP contribution < -0.4 is 15.4 Å². The highest BCUT2D eigenvalue weighted by Gasteiger charge is 2.33. The number of aliphatic carboxylic acids is 1. The number of hydrogen-bond donors (Lipinski definition) is 3. The number of methoxy groups -OCH3 is 1. The van der Waals surface area contributed by atoms with E-state index in [1.807, 2.05) is 0 Å². The third-order valence-corrected chi connectivity index (χ3v) is 3.48. The molecule has 1 aliphatic carbocycles. The fourth-order valence-electron chi connectivity index (χ4n) is 2.46. The van der Waals surface area contributed by atoms with E-state index in [-0.39, 0.29) is 6.04 Å². The van der Waals surface area contributed by atoms with E-state index in [1.165, 1.54) is 0 Å². The van der Waals surface area contributed by atoms with Crippen molar-refractivity contribution in [3.8, 4) is 5.75 Å². The lowest BCUT2D eigenvalue weighted by Crippen LogP contribution is -2.42. The molecular weight excluding hydrogens is 260 g/mol. The number of anilines is 1. The Kier molecular flexibility index (Phi) is 4.45. The first-order chi connectivity index (χ1) is 9.60. The zero-order chi connectivity index (χ0) is 14.5. The number of rotatable bonds is 4. The van der Waals surface area contributed by atoms with Gasteiger partial charge in [0.1, 0.15) is 5.75 Å². The zero-order valence-electron chi connectivity index (χ0n) is 11.3. The number of amides is 2. The van der Waals surface area contributed by atoms with Crippen molar-refractivity contribution >= 4 is 17.7 Å². The van der Waals surface area contributed by atoms with Gasteiger partial charge in [0.15, 0.2) is 0 Å². The molecule has 6 nitrogen and oxygen atoms in total. The van der Waals surface area contributed by atoms with Crippen LogP contribution in [0, 0.1) is 5.92 Å². The molecule has 0 aromatic heterocycles. The van der Waals surface area contributed by atoms with Crippen LogP contribution >= 0.6 is 0 Å². The van der Waals surface area contributed by atoms with Crippen molar-refractivity contribution in [2.45, 2.75) is 25.3 Å². The summed E-state index contributed by atoms with van der Waals surface area (Å²) in [5.74, 6) is -0.702. The van der Waals surface area contributed by atoms with Crippen molar-refractivity contribution in [2.75, 3.05) is 12.4 Å². The second-order valence-corrected chi connectivity index (χ2v) is 4.81. The summed E-state index contributed by atoms with van der Waals surface area (Å²) < 4.78 is 5.07. The summed E-state index contributed by atoms with van der Waals surface area (Å²) in [6.45, 7) is 0. The number of benzene rings is 1. The Morgan fingerprint density at radius 1 is 1.35 bits per heavy atom. The van der Waals surface area contributed by atoms with Gasteiger partial charge in [-0.25, -0.2) is 4.79 Å². The number of urea groups is 1. The number of carboxylic acids is 1. The van der Waals surface area contributed by atoms with Crippen LogP contribution in [0.1, 0.15) is 19.3 Å². The third kappa shape index (κ3) is 3.40. The molecule has 0 saturated heterocycles. The standard InChI is InChI=1S/C14H18N2O4/c1-20-10-5-2-4-9(8-10)15-14(19)16-12-7-3-6-11(12)13(17)18/h2,4-5,8,11-12H,3,6-7H2,1H3,(H,17,18)(H2,15,16,19). The first-order valence-electron chi connectivity index (χ1n) is 6.54. The predicted octanol–water partition coefficient (Wildman–Crippen LogP) is 2.07. The molecule has 1 saturated carbocycles. The Morgan fingerprint density at radius 3 is 2.85 bits per heavy atom. The molecule has 1 aromatic rings. The van der Waals surface area contributed by atoms with Gasteiger partial charge in [0.05, 0.1) is 13.0 Å². The smallest absolute Gasteiger partial charge is 0.319 e. The van der Waals surface area contributed by atoms with Crippen molar-refractivity contribution < 1.29 is 19.4 Å². The van der Waals surface area contributed by atoms with Gasteiger partial charge in [-0.3, -0.25) is 4.79 Å². The molecule has 0 spiro atoms. The fourth-order valence-corrected chi connectivity index (χ4v) is 2.46. The summed E-state index contributed by atoms with van der Waals surface area (Å²) in [6, 6.07) is 6.29. The molecule has 2 amide bonds. The average molecular weight is 278 g/mol. The van der Waals surface area contributed by atoms with E-state index < -0.39 is 17.9 Å². The maximum Gasteiger partial charge on any atom is 0.319 e. The predicted molar refractivity (Wildman–Crippen MR) is 73.9 cm³/mol. The van der Waals surface area contributed by atoms with E-state index in [0.717, 1.165) is 6.42 Å². The molecule has 1 fully saturated rings. The minimum atomic E-state index is -0.853. The van der Waals surface area contributed by atoms with E-state index in [9.17, 15) is 9.59 Å². The van der Waals surface area contributed by atoms with E-state index in [0.29, 0.717) is 24.3 Å². The number of nitrogens with one attached hydrogen (secondary N) is 2. The van der Waals surface area contributed by atoms with Crippen LogP contribution in [0.25, 0.3) is 0 Å². The Morgan fingerprint density at radius 2 is 2.15 bits per heavy atom. The molecule has 0 bridgehead atoms. The van der Waals surface area contributed by atoms with Gasteiger partial charge in [-0.05, 0) is 25.0 Å². The summed E-state index contributed by atoms with van der Waals surface area (Å²) >= 11 is 0. The van der Waals surface area contributed by atoms with Gasteiger partial charge < -0.3 is 20.5 Å².